The summed E-state index contributed by atoms with van der Waals surface area (Å²) in [6, 6.07) is 0. The standard InChI is InChI=1S/C20H30N2O7/c1-12(23)21-22-17(24)15-13-14(27-19(26-13)8-4-2-5-9-19)16-18(25-15)29-20(28-16)10-6-3-7-11-20/h13-16,18H,2-11H2,1H3,(H,21,23)(H,22,24)/t13-,14+,15+,16-,18-/m1/s1. The molecule has 2 aliphatic carbocycles. The van der Waals surface area contributed by atoms with Gasteiger partial charge in [0.1, 0.15) is 18.3 Å². The Morgan fingerprint density at radius 2 is 1.28 bits per heavy atom. The van der Waals surface area contributed by atoms with Crippen LogP contribution in [0.3, 0.4) is 0 Å². The maximum atomic E-state index is 12.8. The van der Waals surface area contributed by atoms with E-state index in [1.807, 2.05) is 0 Å². The van der Waals surface area contributed by atoms with Gasteiger partial charge in [-0.1, -0.05) is 12.8 Å². The molecule has 9 heteroatoms. The van der Waals surface area contributed by atoms with Gasteiger partial charge in [0.15, 0.2) is 24.0 Å². The molecule has 2 N–H and O–H groups in total. The predicted molar refractivity (Wildman–Crippen MR) is 98.0 cm³/mol. The van der Waals surface area contributed by atoms with E-state index in [1.165, 1.54) is 13.3 Å². The summed E-state index contributed by atoms with van der Waals surface area (Å²) in [6.45, 7) is 1.33. The third-order valence-electron chi connectivity index (χ3n) is 6.73. The monoisotopic (exact) mass is 410 g/mol. The van der Waals surface area contributed by atoms with Crippen molar-refractivity contribution < 1.29 is 33.3 Å². The van der Waals surface area contributed by atoms with E-state index in [0.29, 0.717) is 0 Å². The number of nitrogens with one attached hydrogen (secondary N) is 2. The van der Waals surface area contributed by atoms with Gasteiger partial charge in [0.25, 0.3) is 5.91 Å². The van der Waals surface area contributed by atoms with Crippen molar-refractivity contribution in [2.75, 3.05) is 0 Å². The molecule has 5 fully saturated rings. The number of carbonyl (C=O) groups is 2. The van der Waals surface area contributed by atoms with Gasteiger partial charge in [-0.2, -0.15) is 0 Å². The van der Waals surface area contributed by atoms with Gasteiger partial charge in [0.05, 0.1) is 0 Å². The van der Waals surface area contributed by atoms with Gasteiger partial charge >= 0.3 is 0 Å². The second kappa shape index (κ2) is 7.46. The van der Waals surface area contributed by atoms with E-state index < -0.39 is 48.2 Å². The lowest BCUT2D eigenvalue weighted by Crippen LogP contribution is -2.61. The summed E-state index contributed by atoms with van der Waals surface area (Å²) in [5.74, 6) is -2.19. The SMILES string of the molecule is CC(=O)NNC(=O)[C@H]1O[C@@H]2OC3(CCCCC3)O[C@@H]2[C@H]2OC3(CCCCC3)O[C@H]21. The summed E-state index contributed by atoms with van der Waals surface area (Å²) in [7, 11) is 0. The van der Waals surface area contributed by atoms with Gasteiger partial charge in [-0.3, -0.25) is 20.4 Å². The van der Waals surface area contributed by atoms with Gasteiger partial charge < -0.3 is 23.7 Å². The van der Waals surface area contributed by atoms with E-state index in [0.717, 1.165) is 57.8 Å². The first-order valence-corrected chi connectivity index (χ1v) is 10.9. The molecule has 0 aromatic rings. The number of fused-ring (bicyclic) bond motifs is 3. The van der Waals surface area contributed by atoms with Gasteiger partial charge in [0, 0.05) is 32.6 Å². The highest BCUT2D eigenvalue weighted by atomic mass is 16.9. The Labute approximate surface area is 170 Å². The zero-order valence-electron chi connectivity index (χ0n) is 16.8. The van der Waals surface area contributed by atoms with E-state index in [1.54, 1.807) is 0 Å². The third kappa shape index (κ3) is 3.57. The van der Waals surface area contributed by atoms with Crippen LogP contribution in [0.4, 0.5) is 0 Å². The highest BCUT2D eigenvalue weighted by Gasteiger charge is 2.65. The molecule has 0 aromatic heterocycles. The smallest absolute Gasteiger partial charge is 0.270 e. The normalized spacial score (nSPS) is 39.7. The van der Waals surface area contributed by atoms with E-state index in [4.69, 9.17) is 23.7 Å². The number of amides is 2. The van der Waals surface area contributed by atoms with E-state index >= 15 is 0 Å². The first-order chi connectivity index (χ1) is 14.0. The quantitative estimate of drug-likeness (QED) is 0.630. The van der Waals surface area contributed by atoms with Gasteiger partial charge in [-0.15, -0.1) is 0 Å². The molecule has 0 unspecified atom stereocenters. The average molecular weight is 410 g/mol. The minimum Gasteiger partial charge on any atom is -0.341 e. The van der Waals surface area contributed by atoms with E-state index in [-0.39, 0.29) is 5.91 Å². The highest BCUT2D eigenvalue weighted by molar-refractivity contribution is 5.84. The van der Waals surface area contributed by atoms with Crippen LogP contribution < -0.4 is 10.9 Å². The first-order valence-electron chi connectivity index (χ1n) is 10.9. The van der Waals surface area contributed by atoms with Crippen LogP contribution in [0.1, 0.15) is 71.1 Å². The zero-order chi connectivity index (χ0) is 20.1. The van der Waals surface area contributed by atoms with Crippen molar-refractivity contribution in [3.05, 3.63) is 0 Å². The van der Waals surface area contributed by atoms with Crippen LogP contribution in [-0.2, 0) is 33.3 Å². The molecule has 162 valence electrons. The van der Waals surface area contributed by atoms with Crippen LogP contribution in [0.5, 0.6) is 0 Å². The number of rotatable bonds is 1. The number of carbonyl (C=O) groups excluding carboxylic acids is 2. The molecule has 3 aliphatic heterocycles. The highest BCUT2D eigenvalue weighted by Crippen LogP contribution is 2.50. The summed E-state index contributed by atoms with van der Waals surface area (Å²) < 4.78 is 31.6. The van der Waals surface area contributed by atoms with Crippen molar-refractivity contribution in [3.63, 3.8) is 0 Å². The fourth-order valence-electron chi connectivity index (χ4n) is 5.39. The maximum Gasteiger partial charge on any atom is 0.270 e. The molecule has 5 aliphatic rings. The zero-order valence-corrected chi connectivity index (χ0v) is 16.8. The molecule has 0 radical (unpaired) electrons. The summed E-state index contributed by atoms with van der Waals surface area (Å²) in [5, 5.41) is 0. The second-order valence-electron chi connectivity index (χ2n) is 8.90. The number of hydrogen-bond acceptors (Lipinski definition) is 7. The molecule has 3 saturated heterocycles. The van der Waals surface area contributed by atoms with Gasteiger partial charge in [-0.05, 0) is 25.7 Å². The summed E-state index contributed by atoms with van der Waals surface area (Å²) in [5.41, 5.74) is 4.73. The summed E-state index contributed by atoms with van der Waals surface area (Å²) in [4.78, 5) is 24.0. The van der Waals surface area contributed by atoms with Crippen molar-refractivity contribution in [2.45, 2.75) is 113 Å². The minimum atomic E-state index is -0.947. The molecular formula is C20H30N2O7. The van der Waals surface area contributed by atoms with Crippen LogP contribution in [0.2, 0.25) is 0 Å². The van der Waals surface area contributed by atoms with Crippen LogP contribution in [0.15, 0.2) is 0 Å². The Kier molecular flexibility index (Phi) is 5.06. The minimum absolute atomic E-state index is 0.363. The Bertz CT molecular complexity index is 659. The topological polar surface area (TPSA) is 104 Å². The van der Waals surface area contributed by atoms with Gasteiger partial charge in [-0.25, -0.2) is 0 Å². The largest absolute Gasteiger partial charge is 0.341 e. The fourth-order valence-corrected chi connectivity index (χ4v) is 5.39. The van der Waals surface area contributed by atoms with E-state index in [9.17, 15) is 9.59 Å². The Morgan fingerprint density at radius 1 is 0.724 bits per heavy atom. The van der Waals surface area contributed by atoms with Crippen LogP contribution in [-0.4, -0.2) is 54.1 Å². The number of hydrogen-bond donors (Lipinski definition) is 2. The molecule has 9 nitrogen and oxygen atoms in total. The molecule has 5 atom stereocenters. The maximum absolute atomic E-state index is 12.8. The van der Waals surface area contributed by atoms with Crippen molar-refractivity contribution in [2.24, 2.45) is 0 Å². The van der Waals surface area contributed by atoms with Crippen molar-refractivity contribution in [3.8, 4) is 0 Å². The lowest BCUT2D eigenvalue weighted by molar-refractivity contribution is -0.247. The molecule has 2 spiro atoms. The predicted octanol–water partition coefficient (Wildman–Crippen LogP) is 1.40. The van der Waals surface area contributed by atoms with Crippen molar-refractivity contribution >= 4 is 11.8 Å². The first kappa shape index (κ1) is 19.7. The summed E-state index contributed by atoms with van der Waals surface area (Å²) in [6.07, 6.45) is 6.57. The Hall–Kier alpha value is -1.26. The molecule has 2 saturated carbocycles. The molecule has 3 heterocycles. The lowest BCUT2D eigenvalue weighted by Gasteiger charge is -2.36. The molecule has 5 rings (SSSR count). The second-order valence-corrected chi connectivity index (χ2v) is 8.90. The molecule has 29 heavy (non-hydrogen) atoms. The van der Waals surface area contributed by atoms with Crippen LogP contribution in [0.25, 0.3) is 0 Å². The van der Waals surface area contributed by atoms with E-state index in [2.05, 4.69) is 10.9 Å². The lowest BCUT2D eigenvalue weighted by atomic mass is 9.94. The van der Waals surface area contributed by atoms with Gasteiger partial charge in [0.2, 0.25) is 5.91 Å². The van der Waals surface area contributed by atoms with Crippen LogP contribution in [0, 0.1) is 0 Å². The molecular weight excluding hydrogens is 380 g/mol. The Balaban J connectivity index is 1.39. The summed E-state index contributed by atoms with van der Waals surface area (Å²) >= 11 is 0. The fraction of sp³-hybridized carbons (Fsp3) is 0.900. The van der Waals surface area contributed by atoms with Crippen LogP contribution >= 0.6 is 0 Å². The molecule has 0 aromatic carbocycles. The third-order valence-corrected chi connectivity index (χ3v) is 6.73. The number of ether oxygens (including phenoxy) is 5. The average Bonchev–Trinajstić information content (AvgIpc) is 3.24. The van der Waals surface area contributed by atoms with Crippen molar-refractivity contribution in [1.82, 2.24) is 10.9 Å². The Morgan fingerprint density at radius 3 is 1.90 bits per heavy atom. The van der Waals surface area contributed by atoms with Crippen molar-refractivity contribution in [1.29, 1.82) is 0 Å². The molecule has 2 amide bonds. The number of hydrazine groups is 1. The molecule has 0 bridgehead atoms.